The maximum Gasteiger partial charge on any atom is 0.240 e. The summed E-state index contributed by atoms with van der Waals surface area (Å²) in [4.78, 5) is 16.4. The van der Waals surface area contributed by atoms with E-state index in [1.54, 1.807) is 12.7 Å². The number of aromatic nitrogens is 5. The molecule has 0 radical (unpaired) electrons. The third-order valence-corrected chi connectivity index (χ3v) is 4.72. The summed E-state index contributed by atoms with van der Waals surface area (Å²) in [6, 6.07) is 0.476. The van der Waals surface area contributed by atoms with E-state index in [4.69, 9.17) is 0 Å². The standard InChI is InChI=1S/C16H24N6O/c1-12-13(2)21(10-18-12)9-16(23)17-8-15-20-19-11-22(15)14-6-4-3-5-7-14/h10-11,14H,3-9H2,1-2H3,(H,17,23). The highest BCUT2D eigenvalue weighted by Crippen LogP contribution is 2.28. The van der Waals surface area contributed by atoms with Crippen molar-refractivity contribution in [3.05, 3.63) is 29.9 Å². The molecule has 0 spiro atoms. The summed E-state index contributed by atoms with van der Waals surface area (Å²) in [6.45, 7) is 4.61. The lowest BCUT2D eigenvalue weighted by atomic mass is 9.95. The second-order valence-electron chi connectivity index (χ2n) is 6.27. The van der Waals surface area contributed by atoms with E-state index in [0.717, 1.165) is 17.2 Å². The van der Waals surface area contributed by atoms with Crippen molar-refractivity contribution in [2.45, 2.75) is 65.1 Å². The summed E-state index contributed by atoms with van der Waals surface area (Å²) in [5.74, 6) is 0.799. The Kier molecular flexibility index (Phi) is 4.73. The molecule has 2 heterocycles. The molecule has 3 rings (SSSR count). The molecule has 0 atom stereocenters. The number of amides is 1. The molecule has 124 valence electrons. The summed E-state index contributed by atoms with van der Waals surface area (Å²) < 4.78 is 3.99. The zero-order valence-corrected chi connectivity index (χ0v) is 13.8. The number of rotatable bonds is 5. The van der Waals surface area contributed by atoms with Crippen LogP contribution in [0.15, 0.2) is 12.7 Å². The molecule has 23 heavy (non-hydrogen) atoms. The smallest absolute Gasteiger partial charge is 0.240 e. The number of hydrogen-bond acceptors (Lipinski definition) is 4. The fourth-order valence-electron chi connectivity index (χ4n) is 3.15. The van der Waals surface area contributed by atoms with Crippen molar-refractivity contribution in [2.24, 2.45) is 0 Å². The number of nitrogens with one attached hydrogen (secondary N) is 1. The molecule has 0 bridgehead atoms. The Morgan fingerprint density at radius 1 is 1.26 bits per heavy atom. The van der Waals surface area contributed by atoms with Gasteiger partial charge >= 0.3 is 0 Å². The average Bonchev–Trinajstić information content (AvgIpc) is 3.16. The van der Waals surface area contributed by atoms with Crippen LogP contribution in [0.1, 0.15) is 55.4 Å². The molecule has 0 aromatic carbocycles. The predicted molar refractivity (Wildman–Crippen MR) is 85.7 cm³/mol. The Labute approximate surface area is 136 Å². The van der Waals surface area contributed by atoms with Crippen molar-refractivity contribution < 1.29 is 4.79 Å². The monoisotopic (exact) mass is 316 g/mol. The summed E-state index contributed by atoms with van der Waals surface area (Å²) in [5, 5.41) is 11.1. The highest BCUT2D eigenvalue weighted by Gasteiger charge is 2.18. The minimum Gasteiger partial charge on any atom is -0.347 e. The van der Waals surface area contributed by atoms with E-state index in [1.165, 1.54) is 32.1 Å². The van der Waals surface area contributed by atoms with Crippen LogP contribution in [0, 0.1) is 13.8 Å². The topological polar surface area (TPSA) is 77.6 Å². The van der Waals surface area contributed by atoms with Crippen LogP contribution in [0.5, 0.6) is 0 Å². The first kappa shape index (κ1) is 15.7. The molecule has 1 aliphatic rings. The van der Waals surface area contributed by atoms with E-state index in [2.05, 4.69) is 25.1 Å². The zero-order valence-electron chi connectivity index (χ0n) is 13.8. The van der Waals surface area contributed by atoms with Gasteiger partial charge in [0.15, 0.2) is 5.82 Å². The first-order chi connectivity index (χ1) is 11.1. The molecule has 7 nitrogen and oxygen atoms in total. The summed E-state index contributed by atoms with van der Waals surface area (Å²) in [6.07, 6.45) is 9.67. The van der Waals surface area contributed by atoms with Crippen molar-refractivity contribution >= 4 is 5.91 Å². The maximum atomic E-state index is 12.1. The van der Waals surface area contributed by atoms with Crippen molar-refractivity contribution in [2.75, 3.05) is 0 Å². The van der Waals surface area contributed by atoms with Crippen LogP contribution in [-0.4, -0.2) is 30.2 Å². The van der Waals surface area contributed by atoms with Crippen LogP contribution in [-0.2, 0) is 17.9 Å². The maximum absolute atomic E-state index is 12.1. The molecule has 2 aromatic heterocycles. The lowest BCUT2D eigenvalue weighted by Gasteiger charge is -2.24. The van der Waals surface area contributed by atoms with Gasteiger partial charge in [-0.25, -0.2) is 4.98 Å². The Bertz CT molecular complexity index is 668. The number of aryl methyl sites for hydroxylation is 1. The van der Waals surface area contributed by atoms with Crippen LogP contribution in [0.25, 0.3) is 0 Å². The number of hydrogen-bond donors (Lipinski definition) is 1. The molecule has 1 amide bonds. The van der Waals surface area contributed by atoms with E-state index >= 15 is 0 Å². The van der Waals surface area contributed by atoms with Gasteiger partial charge in [0.05, 0.1) is 18.6 Å². The summed E-state index contributed by atoms with van der Waals surface area (Å²) in [5.41, 5.74) is 1.97. The Morgan fingerprint density at radius 2 is 2.04 bits per heavy atom. The minimum absolute atomic E-state index is 0.0382. The molecule has 1 saturated carbocycles. The van der Waals surface area contributed by atoms with Gasteiger partial charge in [0, 0.05) is 11.7 Å². The van der Waals surface area contributed by atoms with E-state index in [9.17, 15) is 4.79 Å². The average molecular weight is 316 g/mol. The molecule has 1 fully saturated rings. The van der Waals surface area contributed by atoms with Gasteiger partial charge in [0.25, 0.3) is 0 Å². The van der Waals surface area contributed by atoms with Gasteiger partial charge in [0.2, 0.25) is 5.91 Å². The number of nitrogens with zero attached hydrogens (tertiary/aromatic N) is 5. The van der Waals surface area contributed by atoms with Gasteiger partial charge in [-0.3, -0.25) is 4.79 Å². The molecule has 2 aromatic rings. The third-order valence-electron chi connectivity index (χ3n) is 4.72. The highest BCUT2D eigenvalue weighted by atomic mass is 16.1. The molecular weight excluding hydrogens is 292 g/mol. The van der Waals surface area contributed by atoms with Crippen LogP contribution in [0.3, 0.4) is 0 Å². The van der Waals surface area contributed by atoms with E-state index < -0.39 is 0 Å². The Balaban J connectivity index is 1.57. The van der Waals surface area contributed by atoms with E-state index in [1.807, 2.05) is 18.4 Å². The van der Waals surface area contributed by atoms with E-state index in [-0.39, 0.29) is 12.5 Å². The van der Waals surface area contributed by atoms with E-state index in [0.29, 0.717) is 12.6 Å². The predicted octanol–water partition coefficient (Wildman–Crippen LogP) is 1.91. The van der Waals surface area contributed by atoms with Gasteiger partial charge in [0.1, 0.15) is 12.9 Å². The molecule has 1 N–H and O–H groups in total. The molecule has 0 aliphatic heterocycles. The SMILES string of the molecule is Cc1ncn(CC(=O)NCc2nncn2C2CCCCC2)c1C. The normalized spacial score (nSPS) is 15.7. The second kappa shape index (κ2) is 6.93. The Morgan fingerprint density at radius 3 is 2.74 bits per heavy atom. The molecule has 0 unspecified atom stereocenters. The quantitative estimate of drug-likeness (QED) is 0.914. The molecule has 0 saturated heterocycles. The fourth-order valence-corrected chi connectivity index (χ4v) is 3.15. The molecule has 7 heteroatoms. The van der Waals surface area contributed by atoms with Crippen molar-refractivity contribution in [3.63, 3.8) is 0 Å². The second-order valence-corrected chi connectivity index (χ2v) is 6.27. The van der Waals surface area contributed by atoms with Crippen molar-refractivity contribution in [1.29, 1.82) is 0 Å². The lowest BCUT2D eigenvalue weighted by molar-refractivity contribution is -0.121. The first-order valence-electron chi connectivity index (χ1n) is 8.28. The molecular formula is C16H24N6O. The molecule has 1 aliphatic carbocycles. The van der Waals surface area contributed by atoms with Crippen LogP contribution in [0.4, 0.5) is 0 Å². The van der Waals surface area contributed by atoms with Gasteiger partial charge in [-0.2, -0.15) is 0 Å². The largest absolute Gasteiger partial charge is 0.347 e. The van der Waals surface area contributed by atoms with Crippen LogP contribution >= 0.6 is 0 Å². The van der Waals surface area contributed by atoms with Gasteiger partial charge in [-0.15, -0.1) is 10.2 Å². The fraction of sp³-hybridized carbons (Fsp3) is 0.625. The first-order valence-corrected chi connectivity index (χ1v) is 8.28. The van der Waals surface area contributed by atoms with Gasteiger partial charge in [-0.05, 0) is 26.7 Å². The number of carbonyl (C=O) groups is 1. The van der Waals surface area contributed by atoms with Crippen molar-refractivity contribution in [3.8, 4) is 0 Å². The summed E-state index contributed by atoms with van der Waals surface area (Å²) >= 11 is 0. The van der Waals surface area contributed by atoms with Crippen molar-refractivity contribution in [1.82, 2.24) is 29.6 Å². The minimum atomic E-state index is -0.0382. The summed E-state index contributed by atoms with van der Waals surface area (Å²) in [7, 11) is 0. The number of carbonyl (C=O) groups excluding carboxylic acids is 1. The van der Waals surface area contributed by atoms with Crippen LogP contribution in [0.2, 0.25) is 0 Å². The lowest BCUT2D eigenvalue weighted by Crippen LogP contribution is -2.29. The third kappa shape index (κ3) is 3.60. The van der Waals surface area contributed by atoms with Gasteiger partial charge < -0.3 is 14.5 Å². The van der Waals surface area contributed by atoms with Gasteiger partial charge in [-0.1, -0.05) is 19.3 Å². The van der Waals surface area contributed by atoms with Crippen LogP contribution < -0.4 is 5.32 Å². The zero-order chi connectivity index (χ0) is 16.2. The Hall–Kier alpha value is -2.18. The number of imidazole rings is 1. The highest BCUT2D eigenvalue weighted by molar-refractivity contribution is 5.75.